The smallest absolute Gasteiger partial charge is 0.343 e. The van der Waals surface area contributed by atoms with E-state index in [4.69, 9.17) is 21.3 Å². The molecule has 0 bridgehead atoms. The molecule has 0 aliphatic carbocycles. The summed E-state index contributed by atoms with van der Waals surface area (Å²) in [5.74, 6) is -1.51. The quantitative estimate of drug-likeness (QED) is 0.378. The number of rotatable bonds is 4. The standard InChI is InChI=1S/C20H16N2O4/c21-14-8-9-18(16(11-14)15-6-1-2-7-17(15)22)26-20(25)13-5-3-4-12(10-13)19(23)24/h1-11H,21-22H2,(H,23,24). The van der Waals surface area contributed by atoms with Gasteiger partial charge in [0, 0.05) is 22.5 Å². The van der Waals surface area contributed by atoms with Gasteiger partial charge < -0.3 is 21.3 Å². The minimum absolute atomic E-state index is 0.00397. The molecule has 0 aromatic heterocycles. The summed E-state index contributed by atoms with van der Waals surface area (Å²) in [7, 11) is 0. The van der Waals surface area contributed by atoms with Crippen LogP contribution in [0.5, 0.6) is 5.75 Å². The van der Waals surface area contributed by atoms with E-state index in [1.54, 1.807) is 36.4 Å². The van der Waals surface area contributed by atoms with Crippen molar-refractivity contribution in [2.45, 2.75) is 0 Å². The zero-order chi connectivity index (χ0) is 18.7. The van der Waals surface area contributed by atoms with Crippen LogP contribution in [0.25, 0.3) is 11.1 Å². The molecule has 0 aliphatic heterocycles. The maximum Gasteiger partial charge on any atom is 0.343 e. The van der Waals surface area contributed by atoms with Crippen LogP contribution in [0.3, 0.4) is 0 Å². The Morgan fingerprint density at radius 1 is 0.808 bits per heavy atom. The molecular weight excluding hydrogens is 332 g/mol. The van der Waals surface area contributed by atoms with Crippen LogP contribution in [0.15, 0.2) is 66.7 Å². The van der Waals surface area contributed by atoms with Crippen LogP contribution in [-0.2, 0) is 0 Å². The Morgan fingerprint density at radius 2 is 1.54 bits per heavy atom. The molecular formula is C20H16N2O4. The van der Waals surface area contributed by atoms with E-state index in [9.17, 15) is 9.59 Å². The third kappa shape index (κ3) is 3.49. The summed E-state index contributed by atoms with van der Waals surface area (Å²) in [6.45, 7) is 0. The van der Waals surface area contributed by atoms with E-state index >= 15 is 0 Å². The first-order chi connectivity index (χ1) is 12.5. The molecule has 0 spiro atoms. The van der Waals surface area contributed by atoms with Gasteiger partial charge >= 0.3 is 11.9 Å². The van der Waals surface area contributed by atoms with Crippen molar-refractivity contribution < 1.29 is 19.4 Å². The molecule has 6 nitrogen and oxygen atoms in total. The second kappa shape index (κ2) is 6.98. The number of aromatic carboxylic acids is 1. The van der Waals surface area contributed by atoms with Crippen LogP contribution in [0.2, 0.25) is 0 Å². The van der Waals surface area contributed by atoms with Crippen molar-refractivity contribution in [1.29, 1.82) is 0 Å². The highest BCUT2D eigenvalue weighted by Crippen LogP contribution is 2.35. The van der Waals surface area contributed by atoms with E-state index in [2.05, 4.69) is 0 Å². The van der Waals surface area contributed by atoms with E-state index in [-0.39, 0.29) is 16.9 Å². The highest BCUT2D eigenvalue weighted by molar-refractivity contribution is 5.96. The fourth-order valence-corrected chi connectivity index (χ4v) is 2.53. The topological polar surface area (TPSA) is 116 Å². The molecule has 3 rings (SSSR count). The molecule has 130 valence electrons. The lowest BCUT2D eigenvalue weighted by Gasteiger charge is -2.13. The van der Waals surface area contributed by atoms with E-state index < -0.39 is 11.9 Å². The van der Waals surface area contributed by atoms with Crippen LogP contribution < -0.4 is 16.2 Å². The van der Waals surface area contributed by atoms with Gasteiger partial charge in [-0.3, -0.25) is 0 Å². The number of para-hydroxylation sites is 1. The van der Waals surface area contributed by atoms with Crippen molar-refractivity contribution in [2.24, 2.45) is 0 Å². The summed E-state index contributed by atoms with van der Waals surface area (Å²) in [5, 5.41) is 9.05. The van der Waals surface area contributed by atoms with Crippen molar-refractivity contribution in [3.8, 4) is 16.9 Å². The van der Waals surface area contributed by atoms with E-state index in [1.807, 2.05) is 6.07 Å². The first-order valence-electron chi connectivity index (χ1n) is 7.75. The van der Waals surface area contributed by atoms with Gasteiger partial charge in [-0.1, -0.05) is 24.3 Å². The third-order valence-electron chi connectivity index (χ3n) is 3.80. The number of anilines is 2. The van der Waals surface area contributed by atoms with E-state index in [1.165, 1.54) is 24.3 Å². The molecule has 0 saturated heterocycles. The van der Waals surface area contributed by atoms with Gasteiger partial charge in [0.15, 0.2) is 0 Å². The lowest BCUT2D eigenvalue weighted by Crippen LogP contribution is -2.10. The zero-order valence-electron chi connectivity index (χ0n) is 13.7. The van der Waals surface area contributed by atoms with E-state index in [0.717, 1.165) is 0 Å². The number of hydrogen-bond donors (Lipinski definition) is 3. The first-order valence-corrected chi connectivity index (χ1v) is 7.75. The summed E-state index contributed by atoms with van der Waals surface area (Å²) in [4.78, 5) is 23.5. The largest absolute Gasteiger partial charge is 0.478 e. The average Bonchev–Trinajstić information content (AvgIpc) is 2.63. The fraction of sp³-hybridized carbons (Fsp3) is 0. The van der Waals surface area contributed by atoms with Crippen LogP contribution >= 0.6 is 0 Å². The van der Waals surface area contributed by atoms with Crippen molar-refractivity contribution >= 4 is 23.3 Å². The normalized spacial score (nSPS) is 10.3. The number of hydrogen-bond acceptors (Lipinski definition) is 5. The Balaban J connectivity index is 1.98. The molecule has 0 radical (unpaired) electrons. The number of carboxylic acids is 1. The van der Waals surface area contributed by atoms with Crippen LogP contribution in [-0.4, -0.2) is 17.0 Å². The Kier molecular flexibility index (Phi) is 4.57. The summed E-state index contributed by atoms with van der Waals surface area (Å²) in [6, 6.07) is 17.6. The SMILES string of the molecule is Nc1ccc(OC(=O)c2cccc(C(=O)O)c2)c(-c2ccccc2N)c1. The number of carbonyl (C=O) groups is 2. The number of ether oxygens (including phenoxy) is 1. The molecule has 0 saturated carbocycles. The van der Waals surface area contributed by atoms with Gasteiger partial charge in [-0.05, 0) is 42.5 Å². The fourth-order valence-electron chi connectivity index (χ4n) is 2.53. The molecule has 0 unspecified atom stereocenters. The number of benzene rings is 3. The van der Waals surface area contributed by atoms with Crippen molar-refractivity contribution in [3.63, 3.8) is 0 Å². The average molecular weight is 348 g/mol. The van der Waals surface area contributed by atoms with Crippen LogP contribution in [0.4, 0.5) is 11.4 Å². The van der Waals surface area contributed by atoms with Gasteiger partial charge in [0.05, 0.1) is 11.1 Å². The van der Waals surface area contributed by atoms with Gasteiger partial charge in [0.25, 0.3) is 0 Å². The molecule has 5 N–H and O–H groups in total. The molecule has 0 fully saturated rings. The summed E-state index contributed by atoms with van der Waals surface area (Å²) >= 11 is 0. The Morgan fingerprint density at radius 3 is 2.27 bits per heavy atom. The van der Waals surface area contributed by atoms with Gasteiger partial charge in [-0.2, -0.15) is 0 Å². The summed E-state index contributed by atoms with van der Waals surface area (Å²) in [5.41, 5.74) is 14.3. The number of esters is 1. The number of carboxylic acid groups (broad SMARTS) is 1. The zero-order valence-corrected chi connectivity index (χ0v) is 13.7. The molecule has 6 heteroatoms. The van der Waals surface area contributed by atoms with Gasteiger partial charge in [-0.25, -0.2) is 9.59 Å². The van der Waals surface area contributed by atoms with Crippen molar-refractivity contribution in [1.82, 2.24) is 0 Å². The number of carbonyl (C=O) groups excluding carboxylic acids is 1. The highest BCUT2D eigenvalue weighted by atomic mass is 16.5. The first kappa shape index (κ1) is 17.0. The second-order valence-electron chi connectivity index (χ2n) is 5.62. The maximum atomic E-state index is 12.5. The maximum absolute atomic E-state index is 12.5. The van der Waals surface area contributed by atoms with Gasteiger partial charge in [0.1, 0.15) is 5.75 Å². The monoisotopic (exact) mass is 348 g/mol. The molecule has 3 aromatic carbocycles. The Hall–Kier alpha value is -3.80. The van der Waals surface area contributed by atoms with Gasteiger partial charge in [0.2, 0.25) is 0 Å². The van der Waals surface area contributed by atoms with Crippen LogP contribution in [0, 0.1) is 0 Å². The van der Waals surface area contributed by atoms with Crippen molar-refractivity contribution in [2.75, 3.05) is 11.5 Å². The number of nitrogens with two attached hydrogens (primary N) is 2. The second-order valence-corrected chi connectivity index (χ2v) is 5.62. The predicted octanol–water partition coefficient (Wildman–Crippen LogP) is 3.44. The summed E-state index contributed by atoms with van der Waals surface area (Å²) in [6.07, 6.45) is 0. The summed E-state index contributed by atoms with van der Waals surface area (Å²) < 4.78 is 5.49. The lowest BCUT2D eigenvalue weighted by atomic mass is 10.0. The number of nitrogen functional groups attached to an aromatic ring is 2. The Labute approximate surface area is 149 Å². The molecule has 0 amide bonds. The molecule has 0 atom stereocenters. The molecule has 3 aromatic rings. The van der Waals surface area contributed by atoms with Gasteiger partial charge in [-0.15, -0.1) is 0 Å². The van der Waals surface area contributed by atoms with Crippen LogP contribution in [0.1, 0.15) is 20.7 Å². The lowest BCUT2D eigenvalue weighted by molar-refractivity contribution is 0.0697. The minimum Gasteiger partial charge on any atom is -0.478 e. The molecule has 26 heavy (non-hydrogen) atoms. The minimum atomic E-state index is -1.12. The molecule has 0 heterocycles. The van der Waals surface area contributed by atoms with Crippen molar-refractivity contribution in [3.05, 3.63) is 77.9 Å². The Bertz CT molecular complexity index is 999. The third-order valence-corrected chi connectivity index (χ3v) is 3.80. The molecule has 0 aliphatic rings. The van der Waals surface area contributed by atoms with E-state index in [0.29, 0.717) is 22.5 Å². The highest BCUT2D eigenvalue weighted by Gasteiger charge is 2.16. The predicted molar refractivity (Wildman–Crippen MR) is 99.1 cm³/mol.